The lowest BCUT2D eigenvalue weighted by Crippen LogP contribution is -2.17. The van der Waals surface area contributed by atoms with E-state index in [1.165, 1.54) is 5.56 Å². The van der Waals surface area contributed by atoms with Gasteiger partial charge in [-0.25, -0.2) is 4.79 Å². The molecule has 0 saturated carbocycles. The predicted octanol–water partition coefficient (Wildman–Crippen LogP) is 4.34. The fraction of sp³-hybridized carbons (Fsp3) is 0.471. The van der Waals surface area contributed by atoms with Crippen LogP contribution >= 0.6 is 12.0 Å². The molecule has 4 heteroatoms. The van der Waals surface area contributed by atoms with Crippen LogP contribution in [0.25, 0.3) is 0 Å². The highest BCUT2D eigenvalue weighted by atomic mass is 32.2. The van der Waals surface area contributed by atoms with Crippen molar-refractivity contribution in [1.82, 2.24) is 0 Å². The van der Waals surface area contributed by atoms with E-state index in [-0.39, 0.29) is 5.97 Å². The Labute approximate surface area is 131 Å². The summed E-state index contributed by atoms with van der Waals surface area (Å²) >= 11 is 0.882. The third kappa shape index (κ3) is 7.93. The minimum atomic E-state index is -0.320. The topological polar surface area (TPSA) is 46.5 Å². The third-order valence-electron chi connectivity index (χ3n) is 3.26. The molecule has 0 heterocycles. The monoisotopic (exact) mass is 308 g/mol. The van der Waals surface area contributed by atoms with Crippen molar-refractivity contribution < 1.29 is 14.1 Å². The lowest BCUT2D eigenvalue weighted by Gasteiger charge is -2.17. The van der Waals surface area contributed by atoms with E-state index >= 15 is 0 Å². The summed E-state index contributed by atoms with van der Waals surface area (Å²) in [5.41, 5.74) is 1.69. The Morgan fingerprint density at radius 2 is 2.05 bits per heavy atom. The van der Waals surface area contributed by atoms with Gasteiger partial charge < -0.3 is 9.29 Å². The van der Waals surface area contributed by atoms with Gasteiger partial charge in [-0.1, -0.05) is 43.3 Å². The normalized spacial score (nSPS) is 11.9. The first-order valence-corrected chi connectivity index (χ1v) is 8.20. The molecular formula is C17H24O3S. The minimum absolute atomic E-state index is 0.305. The second-order valence-electron chi connectivity index (χ2n) is 5.26. The second-order valence-corrected chi connectivity index (χ2v) is 5.93. The van der Waals surface area contributed by atoms with Crippen LogP contribution in [0.1, 0.15) is 31.7 Å². The van der Waals surface area contributed by atoms with Crippen LogP contribution in [0.2, 0.25) is 0 Å². The lowest BCUT2D eigenvalue weighted by molar-refractivity contribution is -0.140. The average molecular weight is 308 g/mol. The number of hydrogen-bond acceptors (Lipinski definition) is 4. The third-order valence-corrected chi connectivity index (χ3v) is 3.74. The van der Waals surface area contributed by atoms with Crippen molar-refractivity contribution in [2.24, 2.45) is 5.92 Å². The van der Waals surface area contributed by atoms with Gasteiger partial charge in [0, 0.05) is 11.3 Å². The Morgan fingerprint density at radius 1 is 1.33 bits per heavy atom. The van der Waals surface area contributed by atoms with Crippen LogP contribution in [-0.4, -0.2) is 22.9 Å². The highest BCUT2D eigenvalue weighted by Gasteiger charge is 2.13. The Bertz CT molecular complexity index is 431. The fourth-order valence-corrected chi connectivity index (χ4v) is 2.44. The predicted molar refractivity (Wildman–Crippen MR) is 88.3 cm³/mol. The van der Waals surface area contributed by atoms with Gasteiger partial charge in [0.15, 0.2) is 0 Å². The molecule has 1 rings (SSSR count). The smallest absolute Gasteiger partial charge is 0.333 e. The standard InChI is InChI=1S/C17H24O3S/c1-14(2)17(18)20-13-16(10-6-7-11-21-19)12-15-8-4-3-5-9-15/h3-5,8-9,16,19H,1,6-7,10-13H2,2H3. The second kappa shape index (κ2) is 10.5. The summed E-state index contributed by atoms with van der Waals surface area (Å²) in [6.07, 6.45) is 3.88. The van der Waals surface area contributed by atoms with Gasteiger partial charge in [0.05, 0.1) is 6.61 Å². The highest BCUT2D eigenvalue weighted by Crippen LogP contribution is 2.17. The van der Waals surface area contributed by atoms with Gasteiger partial charge in [0.1, 0.15) is 0 Å². The molecule has 0 aliphatic rings. The first-order valence-electron chi connectivity index (χ1n) is 7.26. The Kier molecular flexibility index (Phi) is 8.87. The number of carbonyl (C=O) groups is 1. The van der Waals surface area contributed by atoms with E-state index in [0.29, 0.717) is 18.1 Å². The average Bonchev–Trinajstić information content (AvgIpc) is 2.49. The molecule has 0 aliphatic carbocycles. The molecule has 116 valence electrons. The zero-order valence-corrected chi connectivity index (χ0v) is 13.4. The maximum Gasteiger partial charge on any atom is 0.333 e. The first-order chi connectivity index (χ1) is 10.1. The summed E-state index contributed by atoms with van der Waals surface area (Å²) in [5, 5.41) is 0. The zero-order chi connectivity index (χ0) is 15.5. The number of benzene rings is 1. The maximum atomic E-state index is 11.5. The Morgan fingerprint density at radius 3 is 2.67 bits per heavy atom. The number of esters is 1. The van der Waals surface area contributed by atoms with Gasteiger partial charge in [0.25, 0.3) is 0 Å². The summed E-state index contributed by atoms with van der Waals surface area (Å²) < 4.78 is 14.0. The number of carbonyl (C=O) groups excluding carboxylic acids is 1. The summed E-state index contributed by atoms with van der Waals surface area (Å²) in [5.74, 6) is 0.738. The minimum Gasteiger partial charge on any atom is -0.462 e. The van der Waals surface area contributed by atoms with E-state index < -0.39 is 0 Å². The van der Waals surface area contributed by atoms with Crippen LogP contribution in [0.3, 0.4) is 0 Å². The van der Waals surface area contributed by atoms with E-state index in [2.05, 4.69) is 18.7 Å². The maximum absolute atomic E-state index is 11.5. The lowest BCUT2D eigenvalue weighted by atomic mass is 9.95. The molecule has 0 fully saturated rings. The summed E-state index contributed by atoms with van der Waals surface area (Å²) in [6, 6.07) is 10.2. The van der Waals surface area contributed by atoms with Crippen LogP contribution in [-0.2, 0) is 16.0 Å². The highest BCUT2D eigenvalue weighted by molar-refractivity contribution is 7.93. The molecular weight excluding hydrogens is 284 g/mol. The van der Waals surface area contributed by atoms with Crippen LogP contribution in [0.5, 0.6) is 0 Å². The molecule has 3 nitrogen and oxygen atoms in total. The largest absolute Gasteiger partial charge is 0.462 e. The molecule has 21 heavy (non-hydrogen) atoms. The van der Waals surface area contributed by atoms with E-state index in [4.69, 9.17) is 9.29 Å². The van der Waals surface area contributed by atoms with Gasteiger partial charge in [0.2, 0.25) is 0 Å². The molecule has 0 amide bonds. The van der Waals surface area contributed by atoms with Gasteiger partial charge >= 0.3 is 5.97 Å². The van der Waals surface area contributed by atoms with Crippen molar-refractivity contribution >= 4 is 18.0 Å². The number of hydrogen-bond donors (Lipinski definition) is 1. The van der Waals surface area contributed by atoms with Crippen molar-refractivity contribution in [1.29, 1.82) is 0 Å². The molecule has 0 saturated heterocycles. The fourth-order valence-electron chi connectivity index (χ4n) is 2.11. The quantitative estimate of drug-likeness (QED) is 0.302. The van der Waals surface area contributed by atoms with Crippen LogP contribution in [0.15, 0.2) is 42.5 Å². The van der Waals surface area contributed by atoms with Crippen LogP contribution in [0, 0.1) is 5.92 Å². The Balaban J connectivity index is 2.48. The SMILES string of the molecule is C=C(C)C(=O)OCC(CCCCSO)Cc1ccccc1. The molecule has 0 bridgehead atoms. The van der Waals surface area contributed by atoms with Crippen molar-refractivity contribution in [3.05, 3.63) is 48.0 Å². The van der Waals surface area contributed by atoms with E-state index in [0.717, 1.165) is 43.5 Å². The van der Waals surface area contributed by atoms with Gasteiger partial charge in [-0.15, -0.1) is 0 Å². The first kappa shape index (κ1) is 17.8. The molecule has 0 aromatic heterocycles. The molecule has 1 N–H and O–H groups in total. The van der Waals surface area contributed by atoms with E-state index in [9.17, 15) is 4.79 Å². The zero-order valence-electron chi connectivity index (χ0n) is 12.6. The molecule has 0 radical (unpaired) electrons. The number of ether oxygens (including phenoxy) is 1. The van der Waals surface area contributed by atoms with Gasteiger partial charge in [-0.05, 0) is 49.7 Å². The van der Waals surface area contributed by atoms with E-state index in [1.807, 2.05) is 18.2 Å². The van der Waals surface area contributed by atoms with Crippen molar-refractivity contribution in [2.75, 3.05) is 12.4 Å². The van der Waals surface area contributed by atoms with Crippen molar-refractivity contribution in [2.45, 2.75) is 32.6 Å². The molecule has 1 aromatic rings. The summed E-state index contributed by atoms with van der Waals surface area (Å²) in [6.45, 7) is 5.68. The Hall–Kier alpha value is -1.26. The summed E-state index contributed by atoms with van der Waals surface area (Å²) in [7, 11) is 0. The summed E-state index contributed by atoms with van der Waals surface area (Å²) in [4.78, 5) is 11.5. The molecule has 0 aliphatic heterocycles. The van der Waals surface area contributed by atoms with Crippen molar-refractivity contribution in [3.8, 4) is 0 Å². The molecule has 1 unspecified atom stereocenters. The van der Waals surface area contributed by atoms with Gasteiger partial charge in [-0.3, -0.25) is 0 Å². The van der Waals surface area contributed by atoms with Gasteiger partial charge in [-0.2, -0.15) is 0 Å². The van der Waals surface area contributed by atoms with E-state index in [1.54, 1.807) is 6.92 Å². The molecule has 1 atom stereocenters. The van der Waals surface area contributed by atoms with Crippen LogP contribution < -0.4 is 0 Å². The van der Waals surface area contributed by atoms with Crippen LogP contribution in [0.4, 0.5) is 0 Å². The molecule has 1 aromatic carbocycles. The number of rotatable bonds is 10. The number of unbranched alkanes of at least 4 members (excludes halogenated alkanes) is 1. The molecule has 0 spiro atoms. The van der Waals surface area contributed by atoms with Crippen molar-refractivity contribution in [3.63, 3.8) is 0 Å².